The zero-order valence-corrected chi connectivity index (χ0v) is 11.6. The molecule has 4 rings (SSSR count). The fourth-order valence-corrected chi connectivity index (χ4v) is 2.83. The molecule has 0 unspecified atom stereocenters. The smallest absolute Gasteiger partial charge is 0.243 e. The molecule has 3 heterocycles. The molecule has 0 amide bonds. The quantitative estimate of drug-likeness (QED) is 0.783. The fraction of sp³-hybridized carbons (Fsp3) is 0.286. The molecule has 1 aliphatic rings. The van der Waals surface area contributed by atoms with Gasteiger partial charge in [0.1, 0.15) is 11.4 Å². The number of rotatable bonds is 5. The molecule has 1 aliphatic carbocycles. The predicted molar refractivity (Wildman–Crippen MR) is 77.2 cm³/mol. The van der Waals surface area contributed by atoms with E-state index in [9.17, 15) is 0 Å². The van der Waals surface area contributed by atoms with Crippen LogP contribution >= 0.6 is 11.3 Å². The molecule has 0 radical (unpaired) electrons. The number of ether oxygens (including phenoxy) is 1. The maximum atomic E-state index is 5.88. The SMILES string of the molecule is c1cncc(Oc2nc3sccn3c2CNC2CC2)c1. The van der Waals surface area contributed by atoms with Gasteiger partial charge in [0, 0.05) is 30.4 Å². The molecule has 0 aliphatic heterocycles. The van der Waals surface area contributed by atoms with Gasteiger partial charge in [-0.15, -0.1) is 11.3 Å². The highest BCUT2D eigenvalue weighted by atomic mass is 32.1. The number of nitrogens with zero attached hydrogens (tertiary/aromatic N) is 3. The summed E-state index contributed by atoms with van der Waals surface area (Å²) in [4.78, 5) is 9.58. The van der Waals surface area contributed by atoms with E-state index >= 15 is 0 Å². The molecule has 6 heteroatoms. The minimum absolute atomic E-state index is 0.658. The molecule has 0 aromatic carbocycles. The number of hydrogen-bond acceptors (Lipinski definition) is 5. The Kier molecular flexibility index (Phi) is 2.90. The van der Waals surface area contributed by atoms with Crippen LogP contribution in [0, 0.1) is 0 Å². The lowest BCUT2D eigenvalue weighted by Gasteiger charge is -2.06. The molecule has 1 N–H and O–H groups in total. The summed E-state index contributed by atoms with van der Waals surface area (Å²) in [5.74, 6) is 1.38. The Hall–Kier alpha value is -1.92. The molecule has 1 fully saturated rings. The first-order valence-corrected chi connectivity index (χ1v) is 7.54. The Bertz CT molecular complexity index is 717. The molecule has 3 aromatic heterocycles. The number of imidazole rings is 1. The fourth-order valence-electron chi connectivity index (χ4n) is 2.10. The largest absolute Gasteiger partial charge is 0.436 e. The van der Waals surface area contributed by atoms with Crippen LogP contribution in [0.15, 0.2) is 36.1 Å². The first kappa shape index (κ1) is 11.9. The van der Waals surface area contributed by atoms with E-state index in [2.05, 4.69) is 19.7 Å². The Morgan fingerprint density at radius 1 is 1.45 bits per heavy atom. The lowest BCUT2D eigenvalue weighted by atomic mass is 10.4. The predicted octanol–water partition coefficient (Wildman–Crippen LogP) is 2.84. The summed E-state index contributed by atoms with van der Waals surface area (Å²) in [6, 6.07) is 4.40. The van der Waals surface area contributed by atoms with Crippen molar-refractivity contribution in [3.05, 3.63) is 41.8 Å². The zero-order chi connectivity index (χ0) is 13.4. The van der Waals surface area contributed by atoms with E-state index in [1.54, 1.807) is 23.7 Å². The average Bonchev–Trinajstić information content (AvgIpc) is 3.09. The lowest BCUT2D eigenvalue weighted by molar-refractivity contribution is 0.453. The highest BCUT2D eigenvalue weighted by Gasteiger charge is 2.22. The molecule has 20 heavy (non-hydrogen) atoms. The van der Waals surface area contributed by atoms with Crippen molar-refractivity contribution in [3.63, 3.8) is 0 Å². The van der Waals surface area contributed by atoms with Crippen molar-refractivity contribution < 1.29 is 4.74 Å². The van der Waals surface area contributed by atoms with Crippen molar-refractivity contribution in [3.8, 4) is 11.6 Å². The van der Waals surface area contributed by atoms with Crippen LogP contribution in [0.2, 0.25) is 0 Å². The van der Waals surface area contributed by atoms with Gasteiger partial charge >= 0.3 is 0 Å². The molecule has 0 bridgehead atoms. The second kappa shape index (κ2) is 4.88. The normalized spacial score (nSPS) is 14.8. The zero-order valence-electron chi connectivity index (χ0n) is 10.8. The van der Waals surface area contributed by atoms with Gasteiger partial charge < -0.3 is 10.1 Å². The Labute approximate surface area is 120 Å². The van der Waals surface area contributed by atoms with Gasteiger partial charge in [0.2, 0.25) is 5.88 Å². The molecule has 1 saturated carbocycles. The third-order valence-electron chi connectivity index (χ3n) is 3.31. The molecule has 0 spiro atoms. The molecular weight excluding hydrogens is 272 g/mol. The minimum atomic E-state index is 0.658. The molecular formula is C14H14N4OS. The van der Waals surface area contributed by atoms with Crippen LogP contribution < -0.4 is 10.1 Å². The second-order valence-electron chi connectivity index (χ2n) is 4.87. The average molecular weight is 286 g/mol. The summed E-state index contributed by atoms with van der Waals surface area (Å²) in [7, 11) is 0. The molecule has 0 atom stereocenters. The van der Waals surface area contributed by atoms with E-state index in [4.69, 9.17) is 4.74 Å². The van der Waals surface area contributed by atoms with Gasteiger partial charge in [0.05, 0.1) is 6.20 Å². The number of thiazole rings is 1. The Morgan fingerprint density at radius 3 is 3.20 bits per heavy atom. The second-order valence-corrected chi connectivity index (χ2v) is 5.74. The monoisotopic (exact) mass is 286 g/mol. The number of fused-ring (bicyclic) bond motifs is 1. The number of hydrogen-bond donors (Lipinski definition) is 1. The van der Waals surface area contributed by atoms with Gasteiger partial charge in [-0.2, -0.15) is 4.98 Å². The van der Waals surface area contributed by atoms with E-state index in [1.165, 1.54) is 12.8 Å². The number of nitrogens with one attached hydrogen (secondary N) is 1. The third kappa shape index (κ3) is 2.28. The molecule has 3 aromatic rings. The molecule has 0 saturated heterocycles. The van der Waals surface area contributed by atoms with Crippen molar-refractivity contribution in [2.45, 2.75) is 25.4 Å². The van der Waals surface area contributed by atoms with Crippen LogP contribution in [-0.4, -0.2) is 20.4 Å². The van der Waals surface area contributed by atoms with Crippen molar-refractivity contribution >= 4 is 16.3 Å². The van der Waals surface area contributed by atoms with Gasteiger partial charge in [-0.25, -0.2) is 0 Å². The summed E-state index contributed by atoms with van der Waals surface area (Å²) >= 11 is 1.61. The van der Waals surface area contributed by atoms with Gasteiger partial charge in [-0.05, 0) is 25.0 Å². The summed E-state index contributed by atoms with van der Waals surface area (Å²) in [5.41, 5.74) is 1.07. The number of pyridine rings is 1. The van der Waals surface area contributed by atoms with E-state index < -0.39 is 0 Å². The van der Waals surface area contributed by atoms with E-state index in [-0.39, 0.29) is 0 Å². The summed E-state index contributed by atoms with van der Waals surface area (Å²) in [6.45, 7) is 0.776. The van der Waals surface area contributed by atoms with Crippen LogP contribution in [-0.2, 0) is 6.54 Å². The van der Waals surface area contributed by atoms with Crippen LogP contribution in [0.3, 0.4) is 0 Å². The van der Waals surface area contributed by atoms with Crippen molar-refractivity contribution in [1.29, 1.82) is 0 Å². The van der Waals surface area contributed by atoms with Crippen molar-refractivity contribution in [2.24, 2.45) is 0 Å². The summed E-state index contributed by atoms with van der Waals surface area (Å²) in [6.07, 6.45) is 8.00. The van der Waals surface area contributed by atoms with Crippen molar-refractivity contribution in [1.82, 2.24) is 19.7 Å². The highest BCUT2D eigenvalue weighted by molar-refractivity contribution is 7.15. The van der Waals surface area contributed by atoms with Gasteiger partial charge in [0.25, 0.3) is 0 Å². The molecule has 102 valence electrons. The minimum Gasteiger partial charge on any atom is -0.436 e. The van der Waals surface area contributed by atoms with Crippen LogP contribution in [0.4, 0.5) is 0 Å². The first-order chi connectivity index (χ1) is 9.90. The van der Waals surface area contributed by atoms with E-state index in [0.717, 1.165) is 17.2 Å². The van der Waals surface area contributed by atoms with Crippen LogP contribution in [0.5, 0.6) is 11.6 Å². The van der Waals surface area contributed by atoms with Gasteiger partial charge in [0.15, 0.2) is 4.96 Å². The maximum absolute atomic E-state index is 5.88. The molecule has 5 nitrogen and oxygen atoms in total. The highest BCUT2D eigenvalue weighted by Crippen LogP contribution is 2.28. The van der Waals surface area contributed by atoms with Crippen molar-refractivity contribution in [2.75, 3.05) is 0 Å². The third-order valence-corrected chi connectivity index (χ3v) is 4.07. The van der Waals surface area contributed by atoms with Gasteiger partial charge in [-0.1, -0.05) is 0 Å². The topological polar surface area (TPSA) is 51.5 Å². The van der Waals surface area contributed by atoms with E-state index in [1.807, 2.05) is 23.7 Å². The van der Waals surface area contributed by atoms with Gasteiger partial charge in [-0.3, -0.25) is 9.38 Å². The summed E-state index contributed by atoms with van der Waals surface area (Å²) < 4.78 is 7.97. The van der Waals surface area contributed by atoms with E-state index in [0.29, 0.717) is 17.7 Å². The van der Waals surface area contributed by atoms with Crippen LogP contribution in [0.1, 0.15) is 18.5 Å². The summed E-state index contributed by atoms with van der Waals surface area (Å²) in [5, 5.41) is 5.55. The Morgan fingerprint density at radius 2 is 2.40 bits per heavy atom. The standard InChI is InChI=1S/C14H14N4OS/c1-2-11(8-15-5-1)19-13-12(9-16-10-3-4-10)18-6-7-20-14(18)17-13/h1-2,5-8,10,16H,3-4,9H2. The van der Waals surface area contributed by atoms with Crippen LogP contribution in [0.25, 0.3) is 4.96 Å². The first-order valence-electron chi connectivity index (χ1n) is 6.66. The Balaban J connectivity index is 1.65. The maximum Gasteiger partial charge on any atom is 0.243 e. The number of aromatic nitrogens is 3. The lowest BCUT2D eigenvalue weighted by Crippen LogP contribution is -2.16.